The van der Waals surface area contributed by atoms with Gasteiger partial charge in [0.05, 0.1) is 30.8 Å². The number of Topliss-reactive ketones (excluding diaryl/α,β-unsaturated/α-hetero) is 1. The molecule has 4 rings (SSSR count). The molecule has 1 aliphatic carbocycles. The lowest BCUT2D eigenvalue weighted by Crippen LogP contribution is -2.56. The maximum atomic E-state index is 13.1. The third kappa shape index (κ3) is 3.13. The van der Waals surface area contributed by atoms with Crippen molar-refractivity contribution < 1.29 is 23.9 Å². The van der Waals surface area contributed by atoms with Gasteiger partial charge in [0.15, 0.2) is 0 Å². The van der Waals surface area contributed by atoms with Gasteiger partial charge in [-0.25, -0.2) is 9.69 Å². The number of fused-ring (bicyclic) bond motifs is 1. The summed E-state index contributed by atoms with van der Waals surface area (Å²) in [5.41, 5.74) is 0.819. The van der Waals surface area contributed by atoms with E-state index in [-0.39, 0.29) is 30.2 Å². The number of piperidine rings is 1. The summed E-state index contributed by atoms with van der Waals surface area (Å²) in [6, 6.07) is 5.84. The molecule has 28 heavy (non-hydrogen) atoms. The zero-order chi connectivity index (χ0) is 19.8. The molecule has 3 fully saturated rings. The smallest absolute Gasteiger partial charge is 0.337 e. The van der Waals surface area contributed by atoms with Gasteiger partial charge < -0.3 is 4.74 Å². The summed E-state index contributed by atoms with van der Waals surface area (Å²) < 4.78 is 4.68. The normalized spacial score (nSPS) is 28.4. The molecule has 0 N–H and O–H groups in total. The van der Waals surface area contributed by atoms with Crippen LogP contribution in [0.5, 0.6) is 0 Å². The number of esters is 1. The van der Waals surface area contributed by atoms with Crippen LogP contribution in [-0.2, 0) is 19.1 Å². The lowest BCUT2D eigenvalue weighted by molar-refractivity contribution is -0.136. The number of likely N-dealkylation sites (tertiary alicyclic amines) is 1. The van der Waals surface area contributed by atoms with Gasteiger partial charge in [-0.3, -0.25) is 19.3 Å². The Morgan fingerprint density at radius 3 is 2.50 bits per heavy atom. The fourth-order valence-electron chi connectivity index (χ4n) is 4.87. The Hall–Kier alpha value is -2.54. The second-order valence-electron chi connectivity index (χ2n) is 7.74. The quantitative estimate of drug-likeness (QED) is 0.585. The molecule has 2 amide bonds. The van der Waals surface area contributed by atoms with Crippen molar-refractivity contribution >= 4 is 29.3 Å². The van der Waals surface area contributed by atoms with Gasteiger partial charge >= 0.3 is 5.97 Å². The number of imide groups is 1. The summed E-state index contributed by atoms with van der Waals surface area (Å²) in [4.78, 5) is 53.0. The summed E-state index contributed by atoms with van der Waals surface area (Å²) in [6.07, 6.45) is 4.48. The molecule has 1 aromatic rings. The van der Waals surface area contributed by atoms with Crippen LogP contribution in [0.15, 0.2) is 24.3 Å². The number of anilines is 1. The molecule has 148 valence electrons. The predicted molar refractivity (Wildman–Crippen MR) is 101 cm³/mol. The number of rotatable bonds is 3. The minimum absolute atomic E-state index is 0.00112. The van der Waals surface area contributed by atoms with Gasteiger partial charge in [-0.1, -0.05) is 12.8 Å². The topological polar surface area (TPSA) is 84.0 Å². The van der Waals surface area contributed by atoms with Crippen molar-refractivity contribution in [3.05, 3.63) is 29.8 Å². The largest absolute Gasteiger partial charge is 0.465 e. The molecule has 1 saturated carbocycles. The number of amides is 2. The fourth-order valence-corrected chi connectivity index (χ4v) is 4.87. The van der Waals surface area contributed by atoms with Crippen LogP contribution >= 0.6 is 0 Å². The number of hydrogen-bond donors (Lipinski definition) is 0. The van der Waals surface area contributed by atoms with Crippen LogP contribution < -0.4 is 4.90 Å². The summed E-state index contributed by atoms with van der Waals surface area (Å²) in [5.74, 6) is -0.656. The van der Waals surface area contributed by atoms with Gasteiger partial charge in [0.2, 0.25) is 5.91 Å². The molecule has 0 radical (unpaired) electrons. The van der Waals surface area contributed by atoms with Crippen LogP contribution in [0.1, 0.15) is 48.9 Å². The first kappa shape index (κ1) is 18.8. The average Bonchev–Trinajstić information content (AvgIpc) is 3.02. The van der Waals surface area contributed by atoms with Crippen LogP contribution in [-0.4, -0.2) is 54.2 Å². The van der Waals surface area contributed by atoms with Gasteiger partial charge in [0.25, 0.3) is 5.91 Å². The van der Waals surface area contributed by atoms with E-state index in [1.165, 1.54) is 12.0 Å². The Morgan fingerprint density at radius 1 is 1.07 bits per heavy atom. The molecule has 3 atom stereocenters. The highest BCUT2D eigenvalue weighted by Gasteiger charge is 2.48. The molecule has 7 nitrogen and oxygen atoms in total. The Bertz CT molecular complexity index is 819. The standard InChI is InChI=1S/C21H24N2O5/c1-28-21(27)13-6-8-14(9-7-13)23-19(25)12-17(20(23)26)22-11-10-18(24)15-4-2-3-5-16(15)22/h6-9,15-17H,2-5,10-12H2,1H3/t15-,16-,17+/m1/s1. The van der Waals surface area contributed by atoms with Crippen molar-refractivity contribution in [1.29, 1.82) is 0 Å². The zero-order valence-corrected chi connectivity index (χ0v) is 15.9. The Morgan fingerprint density at radius 2 is 1.79 bits per heavy atom. The number of ketones is 1. The van der Waals surface area contributed by atoms with E-state index in [2.05, 4.69) is 9.64 Å². The van der Waals surface area contributed by atoms with Crippen LogP contribution in [0, 0.1) is 5.92 Å². The van der Waals surface area contributed by atoms with E-state index < -0.39 is 12.0 Å². The number of carbonyl (C=O) groups is 4. The van der Waals surface area contributed by atoms with E-state index in [1.807, 2.05) is 0 Å². The van der Waals surface area contributed by atoms with Crippen molar-refractivity contribution in [3.63, 3.8) is 0 Å². The van der Waals surface area contributed by atoms with E-state index in [4.69, 9.17) is 0 Å². The summed E-state index contributed by atoms with van der Waals surface area (Å²) >= 11 is 0. The first-order valence-electron chi connectivity index (χ1n) is 9.85. The lowest BCUT2D eigenvalue weighted by atomic mass is 9.77. The molecule has 0 unspecified atom stereocenters. The number of hydrogen-bond acceptors (Lipinski definition) is 6. The van der Waals surface area contributed by atoms with E-state index >= 15 is 0 Å². The highest BCUT2D eigenvalue weighted by atomic mass is 16.5. The number of ether oxygens (including phenoxy) is 1. The lowest BCUT2D eigenvalue weighted by Gasteiger charge is -2.45. The van der Waals surface area contributed by atoms with Gasteiger partial charge in [-0.05, 0) is 37.1 Å². The molecule has 0 aromatic heterocycles. The Kier molecular flexibility index (Phi) is 5.02. The third-order valence-corrected chi connectivity index (χ3v) is 6.26. The van der Waals surface area contributed by atoms with Gasteiger partial charge in [0, 0.05) is 24.9 Å². The van der Waals surface area contributed by atoms with Crippen LogP contribution in [0.2, 0.25) is 0 Å². The van der Waals surface area contributed by atoms with Crippen molar-refractivity contribution in [2.45, 2.75) is 50.6 Å². The minimum Gasteiger partial charge on any atom is -0.465 e. The molecule has 2 saturated heterocycles. The van der Waals surface area contributed by atoms with Gasteiger partial charge in [0.1, 0.15) is 5.78 Å². The minimum atomic E-state index is -0.508. The van der Waals surface area contributed by atoms with E-state index in [0.717, 1.165) is 25.7 Å². The second-order valence-corrected chi connectivity index (χ2v) is 7.74. The van der Waals surface area contributed by atoms with Crippen LogP contribution in [0.4, 0.5) is 5.69 Å². The third-order valence-electron chi connectivity index (χ3n) is 6.26. The van der Waals surface area contributed by atoms with E-state index in [1.54, 1.807) is 24.3 Å². The highest BCUT2D eigenvalue weighted by molar-refractivity contribution is 6.22. The molecule has 7 heteroatoms. The molecule has 0 spiro atoms. The average molecular weight is 384 g/mol. The van der Waals surface area contributed by atoms with E-state index in [9.17, 15) is 19.2 Å². The number of benzene rings is 1. The van der Waals surface area contributed by atoms with Gasteiger partial charge in [-0.15, -0.1) is 0 Å². The Balaban J connectivity index is 1.55. The number of nitrogens with zero attached hydrogens (tertiary/aromatic N) is 2. The van der Waals surface area contributed by atoms with E-state index in [0.29, 0.717) is 30.0 Å². The Labute approximate surface area is 163 Å². The number of methoxy groups -OCH3 is 1. The maximum Gasteiger partial charge on any atom is 0.337 e. The first-order chi connectivity index (χ1) is 13.5. The second kappa shape index (κ2) is 7.47. The molecule has 2 heterocycles. The molecule has 2 aliphatic heterocycles. The summed E-state index contributed by atoms with van der Waals surface area (Å²) in [7, 11) is 1.30. The summed E-state index contributed by atoms with van der Waals surface area (Å²) in [6.45, 7) is 0.540. The fraction of sp³-hybridized carbons (Fsp3) is 0.524. The van der Waals surface area contributed by atoms with Crippen molar-refractivity contribution in [1.82, 2.24) is 4.90 Å². The maximum absolute atomic E-state index is 13.1. The molecule has 1 aromatic carbocycles. The molecular formula is C21H24N2O5. The zero-order valence-electron chi connectivity index (χ0n) is 15.9. The summed E-state index contributed by atoms with van der Waals surface area (Å²) in [5, 5.41) is 0. The van der Waals surface area contributed by atoms with Crippen molar-refractivity contribution in [2.24, 2.45) is 5.92 Å². The molecule has 0 bridgehead atoms. The SMILES string of the molecule is COC(=O)c1ccc(N2C(=O)C[C@H](N3CCC(=O)[C@@H]4CCCC[C@H]43)C2=O)cc1. The first-order valence-corrected chi connectivity index (χ1v) is 9.85. The monoisotopic (exact) mass is 384 g/mol. The van der Waals surface area contributed by atoms with Crippen LogP contribution in [0.3, 0.4) is 0 Å². The molecular weight excluding hydrogens is 360 g/mol. The number of carbonyl (C=O) groups excluding carboxylic acids is 4. The van der Waals surface area contributed by atoms with Crippen LogP contribution in [0.25, 0.3) is 0 Å². The van der Waals surface area contributed by atoms with Crippen molar-refractivity contribution in [2.75, 3.05) is 18.6 Å². The van der Waals surface area contributed by atoms with Gasteiger partial charge in [-0.2, -0.15) is 0 Å². The highest BCUT2D eigenvalue weighted by Crippen LogP contribution is 2.37. The van der Waals surface area contributed by atoms with Crippen molar-refractivity contribution in [3.8, 4) is 0 Å². The molecule has 3 aliphatic rings. The predicted octanol–water partition coefficient (Wildman–Crippen LogP) is 1.94.